The molecule has 7 nitrogen and oxygen atoms in total. The number of anilines is 1. The maximum atomic E-state index is 12.6. The minimum absolute atomic E-state index is 0.144. The molecule has 0 unspecified atom stereocenters. The van der Waals surface area contributed by atoms with Crippen LogP contribution in [0.5, 0.6) is 5.75 Å². The minimum Gasteiger partial charge on any atom is -0.495 e. The van der Waals surface area contributed by atoms with Gasteiger partial charge in [0.2, 0.25) is 0 Å². The van der Waals surface area contributed by atoms with E-state index in [-0.39, 0.29) is 18.1 Å². The second kappa shape index (κ2) is 8.18. The standard InChI is InChI=1S/C20H19N3O4/c1-13-5-6-18(26-2)16(10-13)23-19(24)14-7-8-21-17(11-14)20(25)22-12-15-4-3-9-27-15/h3-11H,12H2,1-2H3,(H,22,25)(H,23,24). The SMILES string of the molecule is COc1ccc(C)cc1NC(=O)c1ccnc(C(=O)NCc2ccco2)c1. The van der Waals surface area contributed by atoms with Crippen molar-refractivity contribution in [1.82, 2.24) is 10.3 Å². The number of hydrogen-bond acceptors (Lipinski definition) is 5. The molecular formula is C20H19N3O4. The first-order chi connectivity index (χ1) is 13.1. The molecule has 0 saturated heterocycles. The Morgan fingerprint density at radius 3 is 2.74 bits per heavy atom. The van der Waals surface area contributed by atoms with E-state index >= 15 is 0 Å². The highest BCUT2D eigenvalue weighted by Crippen LogP contribution is 2.25. The number of benzene rings is 1. The fourth-order valence-electron chi connectivity index (χ4n) is 2.48. The van der Waals surface area contributed by atoms with E-state index in [1.165, 1.54) is 25.6 Å². The van der Waals surface area contributed by atoms with E-state index < -0.39 is 5.91 Å². The first kappa shape index (κ1) is 18.2. The lowest BCUT2D eigenvalue weighted by atomic mass is 10.1. The second-order valence-corrected chi connectivity index (χ2v) is 5.85. The minimum atomic E-state index is -0.394. The highest BCUT2D eigenvalue weighted by molar-refractivity contribution is 6.06. The number of furan rings is 1. The van der Waals surface area contributed by atoms with Gasteiger partial charge in [0, 0.05) is 11.8 Å². The number of nitrogens with one attached hydrogen (secondary N) is 2. The number of amides is 2. The Labute approximate surface area is 156 Å². The highest BCUT2D eigenvalue weighted by atomic mass is 16.5. The molecule has 0 spiro atoms. The summed E-state index contributed by atoms with van der Waals surface area (Å²) in [6.07, 6.45) is 2.95. The normalized spacial score (nSPS) is 10.3. The van der Waals surface area contributed by atoms with Crippen LogP contribution in [-0.2, 0) is 6.54 Å². The zero-order chi connectivity index (χ0) is 19.2. The van der Waals surface area contributed by atoms with Crippen LogP contribution in [-0.4, -0.2) is 23.9 Å². The van der Waals surface area contributed by atoms with E-state index in [2.05, 4.69) is 15.6 Å². The van der Waals surface area contributed by atoms with E-state index in [9.17, 15) is 9.59 Å². The summed E-state index contributed by atoms with van der Waals surface area (Å²) in [7, 11) is 1.54. The van der Waals surface area contributed by atoms with Crippen LogP contribution in [0.1, 0.15) is 32.2 Å². The molecule has 0 saturated carbocycles. The molecule has 0 aliphatic heterocycles. The van der Waals surface area contributed by atoms with Gasteiger partial charge >= 0.3 is 0 Å². The molecule has 27 heavy (non-hydrogen) atoms. The molecule has 0 aliphatic carbocycles. The van der Waals surface area contributed by atoms with Gasteiger partial charge in [-0.2, -0.15) is 0 Å². The molecule has 3 rings (SSSR count). The quantitative estimate of drug-likeness (QED) is 0.700. The first-order valence-corrected chi connectivity index (χ1v) is 8.29. The van der Waals surface area contributed by atoms with Crippen LogP contribution < -0.4 is 15.4 Å². The van der Waals surface area contributed by atoms with Gasteiger partial charge in [0.15, 0.2) is 0 Å². The van der Waals surface area contributed by atoms with Crippen molar-refractivity contribution in [1.29, 1.82) is 0 Å². The number of ether oxygens (including phenoxy) is 1. The van der Waals surface area contributed by atoms with Crippen molar-refractivity contribution in [3.05, 3.63) is 77.5 Å². The van der Waals surface area contributed by atoms with E-state index in [4.69, 9.17) is 9.15 Å². The van der Waals surface area contributed by atoms with Crippen LogP contribution in [0.15, 0.2) is 59.3 Å². The van der Waals surface area contributed by atoms with Crippen molar-refractivity contribution in [2.24, 2.45) is 0 Å². The van der Waals surface area contributed by atoms with Gasteiger partial charge in [0.25, 0.3) is 11.8 Å². The van der Waals surface area contributed by atoms with E-state index in [1.807, 2.05) is 19.1 Å². The molecule has 3 aromatic rings. The fraction of sp³-hybridized carbons (Fsp3) is 0.150. The van der Waals surface area contributed by atoms with Crippen LogP contribution in [0.25, 0.3) is 0 Å². The summed E-state index contributed by atoms with van der Waals surface area (Å²) in [4.78, 5) is 28.9. The number of aryl methyl sites for hydroxylation is 1. The largest absolute Gasteiger partial charge is 0.495 e. The van der Waals surface area contributed by atoms with Gasteiger partial charge in [-0.15, -0.1) is 0 Å². The Hall–Kier alpha value is -3.61. The van der Waals surface area contributed by atoms with Gasteiger partial charge in [-0.3, -0.25) is 14.6 Å². The van der Waals surface area contributed by atoms with Crippen LogP contribution in [0.3, 0.4) is 0 Å². The van der Waals surface area contributed by atoms with Crippen LogP contribution >= 0.6 is 0 Å². The zero-order valence-corrected chi connectivity index (χ0v) is 15.0. The van der Waals surface area contributed by atoms with Crippen molar-refractivity contribution >= 4 is 17.5 Å². The lowest BCUT2D eigenvalue weighted by Gasteiger charge is -2.11. The molecule has 2 N–H and O–H groups in total. The third-order valence-corrected chi connectivity index (χ3v) is 3.86. The number of hydrogen-bond donors (Lipinski definition) is 2. The van der Waals surface area contributed by atoms with Gasteiger partial charge in [-0.05, 0) is 48.9 Å². The Kier molecular flexibility index (Phi) is 5.51. The fourth-order valence-corrected chi connectivity index (χ4v) is 2.48. The van der Waals surface area contributed by atoms with Crippen molar-refractivity contribution < 1.29 is 18.7 Å². The molecule has 2 aromatic heterocycles. The number of methoxy groups -OCH3 is 1. The van der Waals surface area contributed by atoms with Crippen LogP contribution in [0.2, 0.25) is 0 Å². The summed E-state index contributed by atoms with van der Waals surface area (Å²) < 4.78 is 10.4. The van der Waals surface area contributed by atoms with E-state index in [0.717, 1.165) is 5.56 Å². The number of pyridine rings is 1. The summed E-state index contributed by atoms with van der Waals surface area (Å²) >= 11 is 0. The Bertz CT molecular complexity index is 952. The van der Waals surface area contributed by atoms with Gasteiger partial charge in [0.1, 0.15) is 17.2 Å². The summed E-state index contributed by atoms with van der Waals surface area (Å²) in [5, 5.41) is 5.50. The average molecular weight is 365 g/mol. The van der Waals surface area contributed by atoms with Crippen molar-refractivity contribution in [2.75, 3.05) is 12.4 Å². The predicted molar refractivity (Wildman–Crippen MR) is 99.8 cm³/mol. The van der Waals surface area contributed by atoms with Crippen LogP contribution in [0.4, 0.5) is 5.69 Å². The number of nitrogens with zero attached hydrogens (tertiary/aromatic N) is 1. The third-order valence-electron chi connectivity index (χ3n) is 3.86. The highest BCUT2D eigenvalue weighted by Gasteiger charge is 2.14. The summed E-state index contributed by atoms with van der Waals surface area (Å²) in [6.45, 7) is 2.16. The second-order valence-electron chi connectivity index (χ2n) is 5.85. The Balaban J connectivity index is 1.72. The molecule has 2 heterocycles. The molecule has 0 fully saturated rings. The van der Waals surface area contributed by atoms with E-state index in [0.29, 0.717) is 22.8 Å². The van der Waals surface area contributed by atoms with Gasteiger partial charge < -0.3 is 19.8 Å². The molecule has 7 heteroatoms. The van der Waals surface area contributed by atoms with E-state index in [1.54, 1.807) is 24.3 Å². The Morgan fingerprint density at radius 2 is 2.00 bits per heavy atom. The summed E-state index contributed by atoms with van der Waals surface area (Å²) in [5.74, 6) is 0.429. The lowest BCUT2D eigenvalue weighted by molar-refractivity contribution is 0.0943. The van der Waals surface area contributed by atoms with Crippen molar-refractivity contribution in [3.8, 4) is 5.75 Å². The van der Waals surface area contributed by atoms with Gasteiger partial charge in [0.05, 0.1) is 25.6 Å². The van der Waals surface area contributed by atoms with Gasteiger partial charge in [-0.25, -0.2) is 0 Å². The molecule has 1 aromatic carbocycles. The maximum Gasteiger partial charge on any atom is 0.270 e. The van der Waals surface area contributed by atoms with Crippen LogP contribution in [0, 0.1) is 6.92 Å². The molecule has 0 bridgehead atoms. The zero-order valence-electron chi connectivity index (χ0n) is 15.0. The third kappa shape index (κ3) is 4.52. The summed E-state index contributed by atoms with van der Waals surface area (Å²) in [6, 6.07) is 12.0. The summed E-state index contributed by atoms with van der Waals surface area (Å²) in [5.41, 5.74) is 2.00. The number of carbonyl (C=O) groups excluding carboxylic acids is 2. The van der Waals surface area contributed by atoms with Gasteiger partial charge in [-0.1, -0.05) is 6.07 Å². The molecule has 0 radical (unpaired) electrons. The Morgan fingerprint density at radius 1 is 1.15 bits per heavy atom. The predicted octanol–water partition coefficient (Wildman–Crippen LogP) is 3.17. The smallest absolute Gasteiger partial charge is 0.270 e. The lowest BCUT2D eigenvalue weighted by Crippen LogP contribution is -2.24. The van der Waals surface area contributed by atoms with Crippen molar-refractivity contribution in [2.45, 2.75) is 13.5 Å². The molecule has 2 amide bonds. The average Bonchev–Trinajstić information content (AvgIpc) is 3.20. The maximum absolute atomic E-state index is 12.6. The number of rotatable bonds is 6. The topological polar surface area (TPSA) is 93.5 Å². The van der Waals surface area contributed by atoms with Crippen molar-refractivity contribution in [3.63, 3.8) is 0 Å². The number of carbonyl (C=O) groups is 2. The first-order valence-electron chi connectivity index (χ1n) is 8.29. The monoisotopic (exact) mass is 365 g/mol. The molecule has 138 valence electrons. The molecule has 0 aliphatic rings. The molecular weight excluding hydrogens is 346 g/mol. The number of aromatic nitrogens is 1. The molecule has 0 atom stereocenters.